The third-order valence-corrected chi connectivity index (χ3v) is 4.51. The van der Waals surface area contributed by atoms with Crippen LogP contribution < -0.4 is 10.3 Å². The van der Waals surface area contributed by atoms with Crippen molar-refractivity contribution in [2.24, 2.45) is 5.92 Å². The topological polar surface area (TPSA) is 57.0 Å². The summed E-state index contributed by atoms with van der Waals surface area (Å²) in [4.78, 5) is 21.0. The lowest BCUT2D eigenvalue weighted by Crippen LogP contribution is -2.25. The lowest BCUT2D eigenvalue weighted by Gasteiger charge is -2.19. The molecule has 5 heteroatoms. The fraction of sp³-hybridized carbons (Fsp3) is 0.292. The van der Waals surface area contributed by atoms with Gasteiger partial charge in [0.2, 0.25) is 0 Å². The largest absolute Gasteiger partial charge is 0.485 e. The van der Waals surface area contributed by atoms with E-state index in [4.69, 9.17) is 4.74 Å². The van der Waals surface area contributed by atoms with Crippen LogP contribution in [-0.2, 0) is 6.61 Å². The van der Waals surface area contributed by atoms with E-state index in [9.17, 15) is 4.79 Å². The molecule has 0 fully saturated rings. The normalized spacial score (nSPS) is 11.6. The summed E-state index contributed by atoms with van der Waals surface area (Å²) in [5.74, 6) is 7.75. The number of nitrogens with zero attached hydrogens (tertiary/aromatic N) is 3. The molecule has 148 valence electrons. The Kier molecular flexibility index (Phi) is 6.46. The molecule has 5 nitrogen and oxygen atoms in total. The van der Waals surface area contributed by atoms with E-state index in [2.05, 4.69) is 35.7 Å². The van der Waals surface area contributed by atoms with Crippen LogP contribution in [0, 0.1) is 24.7 Å². The Bertz CT molecular complexity index is 1080. The van der Waals surface area contributed by atoms with Crippen molar-refractivity contribution in [3.8, 4) is 17.6 Å². The quantitative estimate of drug-likeness (QED) is 0.618. The van der Waals surface area contributed by atoms with Crippen molar-refractivity contribution >= 4 is 0 Å². The lowest BCUT2D eigenvalue weighted by molar-refractivity contribution is 0.294. The highest BCUT2D eigenvalue weighted by atomic mass is 16.5. The molecule has 0 bridgehead atoms. The third-order valence-electron chi connectivity index (χ3n) is 4.51. The summed E-state index contributed by atoms with van der Waals surface area (Å²) < 4.78 is 7.47. The number of aryl methyl sites for hydroxylation is 1. The molecule has 0 N–H and O–H groups in total. The summed E-state index contributed by atoms with van der Waals surface area (Å²) >= 11 is 0. The van der Waals surface area contributed by atoms with Gasteiger partial charge in [0.15, 0.2) is 5.82 Å². The first kappa shape index (κ1) is 20.3. The van der Waals surface area contributed by atoms with Gasteiger partial charge in [0.05, 0.1) is 6.04 Å². The fourth-order valence-electron chi connectivity index (χ4n) is 3.04. The highest BCUT2D eigenvalue weighted by Gasteiger charge is 2.13. The second-order valence-corrected chi connectivity index (χ2v) is 7.22. The highest BCUT2D eigenvalue weighted by Crippen LogP contribution is 2.21. The number of aromatic nitrogens is 3. The number of hydrogen-bond donors (Lipinski definition) is 0. The molecule has 0 aliphatic carbocycles. The van der Waals surface area contributed by atoms with Crippen molar-refractivity contribution in [2.75, 3.05) is 0 Å². The molecule has 0 aliphatic rings. The molecule has 3 rings (SSSR count). The van der Waals surface area contributed by atoms with Gasteiger partial charge in [-0.2, -0.15) is 0 Å². The average molecular weight is 387 g/mol. The van der Waals surface area contributed by atoms with Crippen LogP contribution in [0.1, 0.15) is 49.5 Å². The van der Waals surface area contributed by atoms with Gasteiger partial charge in [0, 0.05) is 35.6 Å². The Morgan fingerprint density at radius 1 is 1.07 bits per heavy atom. The van der Waals surface area contributed by atoms with Gasteiger partial charge in [0.25, 0.3) is 5.56 Å². The number of pyridine rings is 1. The van der Waals surface area contributed by atoms with Crippen LogP contribution in [0.5, 0.6) is 5.75 Å². The highest BCUT2D eigenvalue weighted by molar-refractivity contribution is 5.37. The summed E-state index contributed by atoms with van der Waals surface area (Å²) in [7, 11) is 0. The van der Waals surface area contributed by atoms with E-state index < -0.39 is 0 Å². The molecule has 1 atom stereocenters. The first-order chi connectivity index (χ1) is 13.9. The second kappa shape index (κ2) is 9.20. The standard InChI is InChI=1S/C24H25N3O2/c1-17(2)6-7-20-8-10-21(11-9-20)19(4)27-18(3)14-22(15-24(27)28)29-16-23-25-12-5-13-26-23/h5,8-15,17,19H,16H2,1-4H3/t19-/m1/s1. The molecule has 0 saturated heterocycles. The zero-order chi connectivity index (χ0) is 20.8. The maximum Gasteiger partial charge on any atom is 0.254 e. The van der Waals surface area contributed by atoms with Gasteiger partial charge in [0.1, 0.15) is 12.4 Å². The summed E-state index contributed by atoms with van der Waals surface area (Å²) in [5, 5.41) is 0. The van der Waals surface area contributed by atoms with Crippen molar-refractivity contribution in [3.05, 3.63) is 87.9 Å². The van der Waals surface area contributed by atoms with E-state index in [0.717, 1.165) is 16.8 Å². The Hall–Kier alpha value is -3.39. The predicted molar refractivity (Wildman–Crippen MR) is 114 cm³/mol. The number of rotatable bonds is 5. The SMILES string of the molecule is Cc1cc(OCc2ncccn2)cc(=O)n1[C@H](C)c1ccc(C#CC(C)C)cc1. The van der Waals surface area contributed by atoms with E-state index >= 15 is 0 Å². The molecule has 29 heavy (non-hydrogen) atoms. The molecular formula is C24H25N3O2. The van der Waals surface area contributed by atoms with Crippen LogP contribution in [0.3, 0.4) is 0 Å². The zero-order valence-corrected chi connectivity index (χ0v) is 17.2. The minimum atomic E-state index is -0.106. The van der Waals surface area contributed by atoms with Crippen molar-refractivity contribution in [3.63, 3.8) is 0 Å². The van der Waals surface area contributed by atoms with Crippen LogP contribution in [0.25, 0.3) is 0 Å². The van der Waals surface area contributed by atoms with Crippen molar-refractivity contribution in [2.45, 2.75) is 40.3 Å². The Morgan fingerprint density at radius 2 is 1.76 bits per heavy atom. The summed E-state index contributed by atoms with van der Waals surface area (Å²) in [6.07, 6.45) is 3.33. The summed E-state index contributed by atoms with van der Waals surface area (Å²) in [6, 6.07) is 13.1. The van der Waals surface area contributed by atoms with Crippen LogP contribution >= 0.6 is 0 Å². The molecule has 2 heterocycles. The minimum Gasteiger partial charge on any atom is -0.485 e. The summed E-state index contributed by atoms with van der Waals surface area (Å²) in [5.41, 5.74) is 2.75. The van der Waals surface area contributed by atoms with Crippen LogP contribution in [0.15, 0.2) is 59.7 Å². The maximum absolute atomic E-state index is 12.8. The molecule has 0 aliphatic heterocycles. The van der Waals surface area contributed by atoms with Crippen molar-refractivity contribution in [1.29, 1.82) is 0 Å². The van der Waals surface area contributed by atoms with Gasteiger partial charge >= 0.3 is 0 Å². The minimum absolute atomic E-state index is 0.0962. The van der Waals surface area contributed by atoms with E-state index in [1.165, 1.54) is 6.07 Å². The van der Waals surface area contributed by atoms with Gasteiger partial charge in [-0.1, -0.05) is 37.8 Å². The van der Waals surface area contributed by atoms with E-state index in [-0.39, 0.29) is 18.2 Å². The molecule has 0 amide bonds. The zero-order valence-electron chi connectivity index (χ0n) is 17.2. The van der Waals surface area contributed by atoms with Crippen molar-refractivity contribution < 1.29 is 4.74 Å². The molecule has 0 radical (unpaired) electrons. The maximum atomic E-state index is 12.8. The number of benzene rings is 1. The van der Waals surface area contributed by atoms with Gasteiger partial charge in [-0.15, -0.1) is 0 Å². The number of hydrogen-bond acceptors (Lipinski definition) is 4. The molecule has 3 aromatic rings. The Morgan fingerprint density at radius 3 is 2.38 bits per heavy atom. The van der Waals surface area contributed by atoms with E-state index in [0.29, 0.717) is 17.5 Å². The smallest absolute Gasteiger partial charge is 0.254 e. The van der Waals surface area contributed by atoms with Crippen LogP contribution in [0.4, 0.5) is 0 Å². The van der Waals surface area contributed by atoms with Gasteiger partial charge in [-0.05, 0) is 43.7 Å². The van der Waals surface area contributed by atoms with Gasteiger partial charge in [-0.3, -0.25) is 4.79 Å². The van der Waals surface area contributed by atoms with Gasteiger partial charge < -0.3 is 9.30 Å². The van der Waals surface area contributed by atoms with E-state index in [1.54, 1.807) is 23.0 Å². The average Bonchev–Trinajstić information content (AvgIpc) is 2.71. The predicted octanol–water partition coefficient (Wildman–Crippen LogP) is 4.14. The third kappa shape index (κ3) is 5.32. The fourth-order valence-corrected chi connectivity index (χ4v) is 3.04. The van der Waals surface area contributed by atoms with Crippen LogP contribution in [-0.4, -0.2) is 14.5 Å². The Labute approximate surface area is 171 Å². The molecule has 0 unspecified atom stereocenters. The van der Waals surface area contributed by atoms with E-state index in [1.807, 2.05) is 44.2 Å². The van der Waals surface area contributed by atoms with Gasteiger partial charge in [-0.25, -0.2) is 9.97 Å². The first-order valence-electron chi connectivity index (χ1n) is 9.67. The molecule has 2 aromatic heterocycles. The first-order valence-corrected chi connectivity index (χ1v) is 9.67. The monoisotopic (exact) mass is 387 g/mol. The Balaban J connectivity index is 1.78. The molecular weight excluding hydrogens is 362 g/mol. The van der Waals surface area contributed by atoms with Crippen molar-refractivity contribution in [1.82, 2.24) is 14.5 Å². The second-order valence-electron chi connectivity index (χ2n) is 7.22. The molecule has 1 aromatic carbocycles. The lowest BCUT2D eigenvalue weighted by atomic mass is 10.0. The summed E-state index contributed by atoms with van der Waals surface area (Å²) in [6.45, 7) is 8.28. The molecule has 0 spiro atoms. The molecule has 0 saturated carbocycles. The number of ether oxygens (including phenoxy) is 1. The van der Waals surface area contributed by atoms with Crippen LogP contribution in [0.2, 0.25) is 0 Å².